The molecular weight excluding hydrogens is 455 g/mol. The molecule has 152 valence electrons. The lowest BCUT2D eigenvalue weighted by molar-refractivity contribution is -0.123. The first-order valence-corrected chi connectivity index (χ1v) is 9.67. The normalized spacial score (nSPS) is 13.5. The van der Waals surface area contributed by atoms with Crippen LogP contribution in [0, 0.1) is 0 Å². The summed E-state index contributed by atoms with van der Waals surface area (Å²) in [5.74, 6) is 1.53. The molecule has 0 aromatic heterocycles. The van der Waals surface area contributed by atoms with Crippen LogP contribution in [0.15, 0.2) is 29.3 Å². The lowest BCUT2D eigenvalue weighted by Gasteiger charge is -2.12. The number of carbonyl (C=O) groups excluding carboxylic acids is 1. The Morgan fingerprint density at radius 1 is 1.15 bits per heavy atom. The zero-order chi connectivity index (χ0) is 18.6. The van der Waals surface area contributed by atoms with E-state index in [1.807, 2.05) is 24.3 Å². The van der Waals surface area contributed by atoms with Gasteiger partial charge >= 0.3 is 0 Å². The minimum atomic E-state index is -0.0430. The third-order valence-corrected chi connectivity index (χ3v) is 4.24. The van der Waals surface area contributed by atoms with Crippen LogP contribution < -0.4 is 20.7 Å². The van der Waals surface area contributed by atoms with E-state index in [0.29, 0.717) is 6.04 Å². The molecule has 0 atom stereocenters. The number of guanidine groups is 1. The highest BCUT2D eigenvalue weighted by atomic mass is 127. The quantitative estimate of drug-likeness (QED) is 0.194. The Morgan fingerprint density at radius 3 is 2.48 bits per heavy atom. The van der Waals surface area contributed by atoms with Gasteiger partial charge in [0.2, 0.25) is 0 Å². The number of rotatable bonds is 11. The second kappa shape index (κ2) is 13.6. The van der Waals surface area contributed by atoms with E-state index in [-0.39, 0.29) is 36.5 Å². The Labute approximate surface area is 179 Å². The Kier molecular flexibility index (Phi) is 11.9. The highest BCUT2D eigenvalue weighted by Gasteiger charge is 2.23. The van der Waals surface area contributed by atoms with Crippen LogP contribution in [0.3, 0.4) is 0 Å². The summed E-state index contributed by atoms with van der Waals surface area (Å²) < 4.78 is 5.52. The molecule has 0 bridgehead atoms. The van der Waals surface area contributed by atoms with Crippen LogP contribution in [0.5, 0.6) is 5.75 Å². The van der Waals surface area contributed by atoms with Gasteiger partial charge in [-0.25, -0.2) is 0 Å². The van der Waals surface area contributed by atoms with Gasteiger partial charge in [-0.15, -0.1) is 24.0 Å². The smallest absolute Gasteiger partial charge is 0.258 e. The van der Waals surface area contributed by atoms with Crippen molar-refractivity contribution in [2.45, 2.75) is 51.5 Å². The highest BCUT2D eigenvalue weighted by Crippen LogP contribution is 2.18. The standard InChI is InChI=1S/C20H32N4O2.HI/c1-3-4-5-13-22-20(21-2)23-14-12-16-6-10-18(11-7-16)26-15-19(25)24-17-8-9-17;/h6-7,10-11,17H,3-5,8-9,12-15H2,1-2H3,(H,24,25)(H2,21,22,23);1H. The summed E-state index contributed by atoms with van der Waals surface area (Å²) in [6, 6.07) is 8.27. The predicted octanol–water partition coefficient (Wildman–Crippen LogP) is 2.86. The maximum absolute atomic E-state index is 11.6. The van der Waals surface area contributed by atoms with Crippen LogP contribution in [-0.4, -0.2) is 44.7 Å². The first-order valence-electron chi connectivity index (χ1n) is 9.67. The van der Waals surface area contributed by atoms with E-state index in [9.17, 15) is 4.79 Å². The summed E-state index contributed by atoms with van der Waals surface area (Å²) in [6.07, 6.45) is 6.70. The summed E-state index contributed by atoms with van der Waals surface area (Å²) in [6.45, 7) is 4.05. The van der Waals surface area contributed by atoms with Crippen LogP contribution in [0.25, 0.3) is 0 Å². The van der Waals surface area contributed by atoms with Crippen molar-refractivity contribution in [2.75, 3.05) is 26.7 Å². The first kappa shape index (κ1) is 23.5. The van der Waals surface area contributed by atoms with Crippen molar-refractivity contribution in [3.63, 3.8) is 0 Å². The van der Waals surface area contributed by atoms with Crippen molar-refractivity contribution in [2.24, 2.45) is 4.99 Å². The van der Waals surface area contributed by atoms with Gasteiger partial charge in [-0.2, -0.15) is 0 Å². The molecule has 3 N–H and O–H groups in total. The second-order valence-corrected chi connectivity index (χ2v) is 6.66. The number of halogens is 1. The molecule has 0 heterocycles. The SMILES string of the molecule is CCCCCNC(=NC)NCCc1ccc(OCC(=O)NC2CC2)cc1.I. The molecule has 0 unspecified atom stereocenters. The second-order valence-electron chi connectivity index (χ2n) is 6.66. The number of ether oxygens (including phenoxy) is 1. The Bertz CT molecular complexity index is 574. The number of nitrogens with one attached hydrogen (secondary N) is 3. The van der Waals surface area contributed by atoms with Gasteiger partial charge in [-0.1, -0.05) is 31.9 Å². The van der Waals surface area contributed by atoms with Crippen molar-refractivity contribution in [1.29, 1.82) is 0 Å². The summed E-state index contributed by atoms with van der Waals surface area (Å²) in [5.41, 5.74) is 1.22. The number of hydrogen-bond acceptors (Lipinski definition) is 3. The van der Waals surface area contributed by atoms with Crippen LogP contribution in [0.1, 0.15) is 44.6 Å². The minimum absolute atomic E-state index is 0. The van der Waals surface area contributed by atoms with Gasteiger partial charge in [0.15, 0.2) is 12.6 Å². The van der Waals surface area contributed by atoms with E-state index in [1.165, 1.54) is 18.4 Å². The molecule has 1 aliphatic carbocycles. The zero-order valence-electron chi connectivity index (χ0n) is 16.4. The summed E-state index contributed by atoms with van der Waals surface area (Å²) in [7, 11) is 1.79. The molecule has 1 amide bonds. The molecule has 1 aromatic rings. The maximum Gasteiger partial charge on any atom is 0.258 e. The van der Waals surface area contributed by atoms with Gasteiger partial charge in [0, 0.05) is 26.2 Å². The Balaban J connectivity index is 0.00000364. The van der Waals surface area contributed by atoms with Gasteiger partial charge in [0.25, 0.3) is 5.91 Å². The van der Waals surface area contributed by atoms with Gasteiger partial charge in [-0.05, 0) is 43.4 Å². The molecule has 0 radical (unpaired) electrons. The minimum Gasteiger partial charge on any atom is -0.484 e. The third kappa shape index (κ3) is 10.4. The number of amides is 1. The molecule has 7 heteroatoms. The van der Waals surface area contributed by atoms with Gasteiger partial charge in [-0.3, -0.25) is 9.79 Å². The number of carbonyl (C=O) groups is 1. The molecule has 1 saturated carbocycles. The molecule has 1 fully saturated rings. The molecule has 1 aromatic carbocycles. The van der Waals surface area contributed by atoms with E-state index in [2.05, 4.69) is 27.9 Å². The molecule has 0 aliphatic heterocycles. The summed E-state index contributed by atoms with van der Waals surface area (Å²) in [5, 5.41) is 9.57. The lowest BCUT2D eigenvalue weighted by Crippen LogP contribution is -2.38. The van der Waals surface area contributed by atoms with Crippen molar-refractivity contribution in [3.05, 3.63) is 29.8 Å². The molecule has 6 nitrogen and oxygen atoms in total. The van der Waals surface area contributed by atoms with E-state index in [0.717, 1.165) is 50.5 Å². The van der Waals surface area contributed by atoms with E-state index >= 15 is 0 Å². The zero-order valence-corrected chi connectivity index (χ0v) is 18.8. The van der Waals surface area contributed by atoms with Crippen LogP contribution in [0.4, 0.5) is 0 Å². The van der Waals surface area contributed by atoms with E-state index in [4.69, 9.17) is 4.74 Å². The van der Waals surface area contributed by atoms with Crippen LogP contribution in [-0.2, 0) is 11.2 Å². The predicted molar refractivity (Wildman–Crippen MR) is 121 cm³/mol. The van der Waals surface area contributed by atoms with Crippen molar-refractivity contribution < 1.29 is 9.53 Å². The molecule has 1 aliphatic rings. The fourth-order valence-electron chi connectivity index (χ4n) is 2.53. The number of nitrogens with zero attached hydrogens (tertiary/aromatic N) is 1. The van der Waals surface area contributed by atoms with Crippen molar-refractivity contribution in [1.82, 2.24) is 16.0 Å². The molecule has 0 spiro atoms. The third-order valence-electron chi connectivity index (χ3n) is 4.24. The maximum atomic E-state index is 11.6. The molecular formula is C20H33IN4O2. The van der Waals surface area contributed by atoms with E-state index in [1.54, 1.807) is 7.05 Å². The average Bonchev–Trinajstić information content (AvgIpc) is 3.47. The van der Waals surface area contributed by atoms with Crippen LogP contribution >= 0.6 is 24.0 Å². The summed E-state index contributed by atoms with van der Waals surface area (Å²) in [4.78, 5) is 15.9. The van der Waals surface area contributed by atoms with Crippen molar-refractivity contribution in [3.8, 4) is 5.75 Å². The monoisotopic (exact) mass is 488 g/mol. The Hall–Kier alpha value is -1.51. The van der Waals surface area contributed by atoms with E-state index < -0.39 is 0 Å². The first-order chi connectivity index (χ1) is 12.7. The number of unbranched alkanes of at least 4 members (excludes halogenated alkanes) is 2. The average molecular weight is 488 g/mol. The van der Waals surface area contributed by atoms with Gasteiger partial charge < -0.3 is 20.7 Å². The topological polar surface area (TPSA) is 74.8 Å². The van der Waals surface area contributed by atoms with Gasteiger partial charge in [0.05, 0.1) is 0 Å². The Morgan fingerprint density at radius 2 is 1.85 bits per heavy atom. The number of benzene rings is 1. The summed E-state index contributed by atoms with van der Waals surface area (Å²) >= 11 is 0. The van der Waals surface area contributed by atoms with Crippen LogP contribution in [0.2, 0.25) is 0 Å². The lowest BCUT2D eigenvalue weighted by atomic mass is 10.1. The highest BCUT2D eigenvalue weighted by molar-refractivity contribution is 14.0. The fourth-order valence-corrected chi connectivity index (χ4v) is 2.53. The molecule has 27 heavy (non-hydrogen) atoms. The largest absolute Gasteiger partial charge is 0.484 e. The molecule has 2 rings (SSSR count). The molecule has 0 saturated heterocycles. The number of hydrogen-bond donors (Lipinski definition) is 3. The van der Waals surface area contributed by atoms with Crippen molar-refractivity contribution >= 4 is 35.8 Å². The number of aliphatic imine (C=N–C) groups is 1. The van der Waals surface area contributed by atoms with Gasteiger partial charge in [0.1, 0.15) is 5.75 Å². The fraction of sp³-hybridized carbons (Fsp3) is 0.600.